The van der Waals surface area contributed by atoms with Gasteiger partial charge in [-0.1, -0.05) is 83.4 Å². The lowest BCUT2D eigenvalue weighted by Crippen LogP contribution is -2.53. The van der Waals surface area contributed by atoms with Crippen molar-refractivity contribution in [1.29, 1.82) is 0 Å². The zero-order valence-corrected chi connectivity index (χ0v) is 29.1. The number of anilines is 2. The largest absolute Gasteiger partial charge is 0.504 e. The van der Waals surface area contributed by atoms with Crippen LogP contribution in [0.1, 0.15) is 41.0 Å². The first-order valence-electron chi connectivity index (χ1n) is 17.0. The minimum Gasteiger partial charge on any atom is -0.504 e. The highest BCUT2D eigenvalue weighted by atomic mass is 35.5. The van der Waals surface area contributed by atoms with E-state index in [4.69, 9.17) is 16.3 Å². The first kappa shape index (κ1) is 32.8. The number of imide groups is 2. The van der Waals surface area contributed by atoms with Crippen LogP contribution in [0.4, 0.5) is 11.4 Å². The van der Waals surface area contributed by atoms with Gasteiger partial charge >= 0.3 is 0 Å². The van der Waals surface area contributed by atoms with E-state index in [2.05, 4.69) is 5.43 Å². The van der Waals surface area contributed by atoms with E-state index in [1.54, 1.807) is 30.3 Å². The monoisotopic (exact) mass is 701 g/mol. The van der Waals surface area contributed by atoms with Crippen LogP contribution >= 0.6 is 11.6 Å². The number of carbonyl (C=O) groups excluding carboxylic acids is 4. The number of hydrogen-bond acceptors (Lipinski definition) is 7. The molecule has 10 heteroatoms. The number of phenolic OH excluding ortho intramolecular Hbond substituents is 1. The molecule has 2 aliphatic carbocycles. The molecule has 2 saturated heterocycles. The number of methoxy groups -OCH3 is 1. The van der Waals surface area contributed by atoms with Gasteiger partial charge < -0.3 is 9.84 Å². The SMILES string of the molecule is COc1cc([C@H]2C3=CC[C@@H]4C(=O)N(c5ccc(C)c(Cl)c5)C(=O)[C@@H]4[C@@H]3C[C@H]3C(=O)N(Nc4ccc(C)cc4)C(=O)[C@@]23c2ccccc2)ccc1O. The number of nitrogens with one attached hydrogen (secondary N) is 1. The number of carbonyl (C=O) groups is 4. The molecule has 4 aliphatic rings. The summed E-state index contributed by atoms with van der Waals surface area (Å²) >= 11 is 6.45. The van der Waals surface area contributed by atoms with Crippen LogP contribution in [-0.2, 0) is 24.6 Å². The Morgan fingerprint density at radius 3 is 2.31 bits per heavy atom. The summed E-state index contributed by atoms with van der Waals surface area (Å²) in [7, 11) is 1.45. The highest BCUT2D eigenvalue weighted by molar-refractivity contribution is 6.32. The molecule has 0 radical (unpaired) electrons. The number of benzene rings is 4. The number of hydrogen-bond donors (Lipinski definition) is 2. The number of amides is 4. The molecule has 3 fully saturated rings. The van der Waals surface area contributed by atoms with Crippen molar-refractivity contribution in [2.75, 3.05) is 17.4 Å². The second-order valence-corrected chi connectivity index (χ2v) is 14.4. The van der Waals surface area contributed by atoms with E-state index in [1.165, 1.54) is 18.1 Å². The van der Waals surface area contributed by atoms with Crippen molar-refractivity contribution in [1.82, 2.24) is 5.01 Å². The Labute approximate surface area is 300 Å². The van der Waals surface area contributed by atoms with Crippen molar-refractivity contribution in [2.45, 2.75) is 38.0 Å². The van der Waals surface area contributed by atoms with Gasteiger partial charge in [0.05, 0.1) is 41.7 Å². The van der Waals surface area contributed by atoms with Gasteiger partial charge in [0.15, 0.2) is 11.5 Å². The van der Waals surface area contributed by atoms with Gasteiger partial charge in [0.25, 0.3) is 11.8 Å². The number of aromatic hydroxyl groups is 1. The quantitative estimate of drug-likeness (QED) is 0.167. The average molecular weight is 702 g/mol. The predicted octanol–water partition coefficient (Wildman–Crippen LogP) is 6.86. The molecule has 0 spiro atoms. The Bertz CT molecular complexity index is 2150. The summed E-state index contributed by atoms with van der Waals surface area (Å²) in [5.74, 6) is -4.92. The molecule has 2 heterocycles. The maximum atomic E-state index is 15.3. The zero-order chi connectivity index (χ0) is 35.8. The third kappa shape index (κ3) is 4.82. The second-order valence-electron chi connectivity index (χ2n) is 14.0. The maximum absolute atomic E-state index is 15.3. The number of nitrogens with zero attached hydrogens (tertiary/aromatic N) is 2. The molecule has 258 valence electrons. The van der Waals surface area contributed by atoms with Crippen molar-refractivity contribution >= 4 is 46.6 Å². The molecule has 6 atom stereocenters. The lowest BCUT2D eigenvalue weighted by atomic mass is 9.49. The minimum absolute atomic E-state index is 0.0722. The number of fused-ring (bicyclic) bond motifs is 4. The van der Waals surface area contributed by atoms with Crippen molar-refractivity contribution in [3.8, 4) is 11.5 Å². The summed E-state index contributed by atoms with van der Waals surface area (Å²) in [5, 5.41) is 12.2. The maximum Gasteiger partial charge on any atom is 0.260 e. The average Bonchev–Trinajstić information content (AvgIpc) is 3.51. The molecule has 4 amide bonds. The molecule has 9 nitrogen and oxygen atoms in total. The summed E-state index contributed by atoms with van der Waals surface area (Å²) in [6, 6.07) is 26.9. The van der Waals surface area contributed by atoms with E-state index >= 15 is 4.79 Å². The Morgan fingerprint density at radius 2 is 1.61 bits per heavy atom. The number of rotatable bonds is 6. The fourth-order valence-electron chi connectivity index (χ4n) is 8.97. The van der Waals surface area contributed by atoms with Crippen molar-refractivity contribution < 1.29 is 29.0 Å². The third-order valence-electron chi connectivity index (χ3n) is 11.3. The number of phenols is 1. The first-order chi connectivity index (χ1) is 24.6. The molecule has 8 rings (SSSR count). The van der Waals surface area contributed by atoms with Gasteiger partial charge in [-0.05, 0) is 85.7 Å². The molecule has 0 aromatic heterocycles. The molecule has 51 heavy (non-hydrogen) atoms. The van der Waals surface area contributed by atoms with E-state index in [9.17, 15) is 19.5 Å². The van der Waals surface area contributed by atoms with Crippen LogP contribution in [0.25, 0.3) is 0 Å². The smallest absolute Gasteiger partial charge is 0.260 e. The summed E-state index contributed by atoms with van der Waals surface area (Å²) in [6.45, 7) is 3.81. The van der Waals surface area contributed by atoms with E-state index < -0.39 is 46.8 Å². The number of halogens is 1. The summed E-state index contributed by atoms with van der Waals surface area (Å²) in [5.41, 5.74) is 6.63. The van der Waals surface area contributed by atoms with Gasteiger partial charge in [0, 0.05) is 10.9 Å². The van der Waals surface area contributed by atoms with E-state index in [-0.39, 0.29) is 36.2 Å². The van der Waals surface area contributed by atoms with Gasteiger partial charge in [0.1, 0.15) is 0 Å². The molecular formula is C41H36ClN3O6. The number of allylic oxidation sites excluding steroid dienone is 2. The zero-order valence-electron chi connectivity index (χ0n) is 28.3. The van der Waals surface area contributed by atoms with Crippen LogP contribution in [0.5, 0.6) is 11.5 Å². The third-order valence-corrected chi connectivity index (χ3v) is 11.8. The van der Waals surface area contributed by atoms with Gasteiger partial charge in [-0.3, -0.25) is 24.6 Å². The molecule has 0 bridgehead atoms. The van der Waals surface area contributed by atoms with Crippen molar-refractivity contribution in [3.05, 3.63) is 130 Å². The van der Waals surface area contributed by atoms with Crippen LogP contribution in [-0.4, -0.2) is 40.9 Å². The Kier molecular flexibility index (Phi) is 7.79. The Balaban J connectivity index is 1.32. The molecular weight excluding hydrogens is 666 g/mol. The normalized spacial score (nSPS) is 26.8. The molecule has 2 N–H and O–H groups in total. The Morgan fingerprint density at radius 1 is 0.863 bits per heavy atom. The summed E-state index contributed by atoms with van der Waals surface area (Å²) in [4.78, 5) is 59.9. The van der Waals surface area contributed by atoms with Gasteiger partial charge in [-0.2, -0.15) is 5.01 Å². The fourth-order valence-corrected chi connectivity index (χ4v) is 9.15. The van der Waals surface area contributed by atoms with Crippen LogP contribution in [0.2, 0.25) is 5.02 Å². The highest BCUT2D eigenvalue weighted by Gasteiger charge is 2.70. The number of hydrazine groups is 1. The van der Waals surface area contributed by atoms with Crippen molar-refractivity contribution in [3.63, 3.8) is 0 Å². The van der Waals surface area contributed by atoms with E-state index in [0.29, 0.717) is 27.5 Å². The van der Waals surface area contributed by atoms with E-state index in [0.717, 1.165) is 21.7 Å². The lowest BCUT2D eigenvalue weighted by molar-refractivity contribution is -0.138. The van der Waals surface area contributed by atoms with Crippen LogP contribution in [0.15, 0.2) is 103 Å². The van der Waals surface area contributed by atoms with Gasteiger partial charge in [-0.15, -0.1) is 0 Å². The highest BCUT2D eigenvalue weighted by Crippen LogP contribution is 2.64. The Hall–Kier alpha value is -5.41. The van der Waals surface area contributed by atoms with E-state index in [1.807, 2.05) is 74.5 Å². The lowest BCUT2D eigenvalue weighted by Gasteiger charge is -2.50. The van der Waals surface area contributed by atoms with Crippen LogP contribution in [0, 0.1) is 37.5 Å². The number of ether oxygens (including phenoxy) is 1. The predicted molar refractivity (Wildman–Crippen MR) is 192 cm³/mol. The molecule has 2 aliphatic heterocycles. The fraction of sp³-hybridized carbons (Fsp3) is 0.268. The number of aryl methyl sites for hydroxylation is 2. The molecule has 4 aromatic rings. The van der Waals surface area contributed by atoms with Crippen molar-refractivity contribution in [2.24, 2.45) is 23.7 Å². The molecule has 1 saturated carbocycles. The molecule has 0 unspecified atom stereocenters. The topological polar surface area (TPSA) is 116 Å². The van der Waals surface area contributed by atoms with Crippen LogP contribution in [0.3, 0.4) is 0 Å². The van der Waals surface area contributed by atoms with Crippen LogP contribution < -0.4 is 15.1 Å². The van der Waals surface area contributed by atoms with Gasteiger partial charge in [0.2, 0.25) is 11.8 Å². The summed E-state index contributed by atoms with van der Waals surface area (Å²) < 4.78 is 5.54. The minimum atomic E-state index is -1.43. The van der Waals surface area contributed by atoms with Gasteiger partial charge in [-0.25, -0.2) is 4.90 Å². The second kappa shape index (κ2) is 12.1. The standard InChI is InChI=1S/C41H36ClN3O6/c1-22-9-13-26(14-10-22)43-45-38(48)31-21-30-28(16-17-29-35(30)39(49)44(37(29)47)27-15-11-23(2)32(42)20-27)36(24-12-18-33(46)34(19-24)51-3)41(31,40(45)50)25-7-5-4-6-8-25/h4-16,18-20,29-31,35-36,43,46H,17,21H2,1-3H3/t29-,30+,31-,35-,36-,41+/m0/s1. The molecule has 4 aromatic carbocycles. The summed E-state index contributed by atoms with van der Waals surface area (Å²) in [6.07, 6.45) is 2.46. The first-order valence-corrected chi connectivity index (χ1v) is 17.4.